The van der Waals surface area contributed by atoms with Gasteiger partial charge in [0.2, 0.25) is 0 Å². The summed E-state index contributed by atoms with van der Waals surface area (Å²) in [4.78, 5) is 52.2. The van der Waals surface area contributed by atoms with Crippen molar-refractivity contribution in [3.05, 3.63) is 46.0 Å². The van der Waals surface area contributed by atoms with E-state index < -0.39 is 5.97 Å². The van der Waals surface area contributed by atoms with Gasteiger partial charge in [0.25, 0.3) is 5.91 Å². The van der Waals surface area contributed by atoms with Crippen LogP contribution in [0.2, 0.25) is 5.02 Å². The van der Waals surface area contributed by atoms with E-state index in [1.54, 1.807) is 12.1 Å². The Hall–Kier alpha value is -2.47. The third-order valence-corrected chi connectivity index (χ3v) is 17.3. The topological polar surface area (TPSA) is 101 Å². The molecule has 1 amide bonds. The van der Waals surface area contributed by atoms with E-state index in [9.17, 15) is 24.3 Å². The van der Waals surface area contributed by atoms with Crippen molar-refractivity contribution < 1.29 is 24.3 Å². The Bertz CT molecular complexity index is 1680. The first kappa shape index (κ1) is 37.8. The smallest absolute Gasteiger partial charge is 0.306 e. The van der Waals surface area contributed by atoms with E-state index in [1.165, 1.54) is 24.8 Å². The predicted molar refractivity (Wildman–Crippen MR) is 205 cm³/mol. The number of ketones is 2. The van der Waals surface area contributed by atoms with Gasteiger partial charge in [0.1, 0.15) is 5.78 Å². The van der Waals surface area contributed by atoms with Gasteiger partial charge in [-0.05, 0) is 140 Å². The number of carboxylic acid groups (broad SMARTS) is 1. The Labute approximate surface area is 316 Å². The minimum absolute atomic E-state index is 0.0430. The molecule has 0 saturated heterocycles. The van der Waals surface area contributed by atoms with Gasteiger partial charge in [-0.1, -0.05) is 77.8 Å². The van der Waals surface area contributed by atoms with Gasteiger partial charge in [-0.2, -0.15) is 0 Å². The Kier molecular flexibility index (Phi) is 9.73. The molecule has 6 nitrogen and oxygen atoms in total. The van der Waals surface area contributed by atoms with Crippen molar-refractivity contribution in [1.82, 2.24) is 5.32 Å². The summed E-state index contributed by atoms with van der Waals surface area (Å²) < 4.78 is 0. The quantitative estimate of drug-likeness (QED) is 0.263. The zero-order chi connectivity index (χ0) is 37.5. The van der Waals surface area contributed by atoms with Crippen molar-refractivity contribution in [2.45, 2.75) is 126 Å². The van der Waals surface area contributed by atoms with E-state index in [0.717, 1.165) is 44.1 Å². The molecule has 5 saturated carbocycles. The summed E-state index contributed by atoms with van der Waals surface area (Å²) in [6, 6.07) is 7.17. The Morgan fingerprint density at radius 3 is 2.31 bits per heavy atom. The molecule has 0 heterocycles. The predicted octanol–water partition coefficient (Wildman–Crippen LogP) is 9.98. The van der Waals surface area contributed by atoms with E-state index >= 15 is 0 Å². The lowest BCUT2D eigenvalue weighted by atomic mass is 9.35. The number of hydrogen-bond donors (Lipinski definition) is 2. The van der Waals surface area contributed by atoms with Crippen LogP contribution in [0.25, 0.3) is 0 Å². The lowest BCUT2D eigenvalue weighted by Gasteiger charge is -2.69. The molecule has 2 N–H and O–H groups in total. The van der Waals surface area contributed by atoms with Gasteiger partial charge >= 0.3 is 5.97 Å². The van der Waals surface area contributed by atoms with Crippen LogP contribution in [0.1, 0.15) is 136 Å². The molecule has 11 unspecified atom stereocenters. The number of fused-ring (bicyclic) bond motifs is 7. The molecule has 6 aliphatic rings. The van der Waals surface area contributed by atoms with Crippen molar-refractivity contribution in [1.29, 1.82) is 0 Å². The summed E-state index contributed by atoms with van der Waals surface area (Å²) in [6.45, 7) is 17.0. The maximum atomic E-state index is 13.9. The highest BCUT2D eigenvalue weighted by Gasteiger charge is 2.66. The molecule has 1 aromatic rings. The fraction of sp³-hybridized carbons (Fsp3) is 0.733. The number of carbonyl (C=O) groups is 4. The molecule has 0 bridgehead atoms. The van der Waals surface area contributed by atoms with Crippen molar-refractivity contribution in [2.75, 3.05) is 6.54 Å². The standard InChI is InChI=1S/C45H62ClNO5/c1-25(2)38-35(49)24-45(20-21-47-40(50)29-10-8-9-11-33(29)46)19-15-32-28(39(38)45)12-13-37-43(32,6)18-16-36-42(4,5)27(14-17-44(36,37)7)22-34(48)30-23-31(26(30)3)41(51)52/h8-11,25-28,30-32,36-37H,12-24H2,1-7H3,(H,47,50)(H,51,52). The van der Waals surface area contributed by atoms with E-state index in [4.69, 9.17) is 11.6 Å². The molecule has 7 rings (SSSR count). The van der Waals surface area contributed by atoms with Crippen molar-refractivity contribution in [2.24, 2.45) is 74.9 Å². The second-order valence-electron chi connectivity index (χ2n) is 19.7. The number of amides is 1. The number of rotatable bonds is 9. The monoisotopic (exact) mass is 731 g/mol. The molecule has 7 heteroatoms. The highest BCUT2D eigenvalue weighted by Crippen LogP contribution is 2.74. The summed E-state index contributed by atoms with van der Waals surface area (Å²) in [5, 5.41) is 13.1. The summed E-state index contributed by atoms with van der Waals surface area (Å²) in [5.74, 6) is 1.84. The largest absolute Gasteiger partial charge is 0.481 e. The number of benzene rings is 1. The zero-order valence-electron chi connectivity index (χ0n) is 32.7. The average Bonchev–Trinajstić information content (AvgIpc) is 3.37. The Balaban J connectivity index is 1.09. The first-order chi connectivity index (χ1) is 24.5. The number of aliphatic carboxylic acids is 1. The number of carboxylic acids is 1. The van der Waals surface area contributed by atoms with Crippen molar-refractivity contribution in [3.63, 3.8) is 0 Å². The molecular weight excluding hydrogens is 670 g/mol. The molecule has 52 heavy (non-hydrogen) atoms. The highest BCUT2D eigenvalue weighted by molar-refractivity contribution is 6.33. The minimum atomic E-state index is -0.761. The first-order valence-corrected chi connectivity index (χ1v) is 20.9. The maximum absolute atomic E-state index is 13.9. The Morgan fingerprint density at radius 1 is 0.923 bits per heavy atom. The molecule has 6 aliphatic carbocycles. The summed E-state index contributed by atoms with van der Waals surface area (Å²) in [5.41, 5.74) is 3.32. The average molecular weight is 732 g/mol. The van der Waals surface area contributed by atoms with Crippen molar-refractivity contribution in [3.8, 4) is 0 Å². The normalized spacial score (nSPS) is 40.6. The van der Waals surface area contributed by atoms with E-state index in [1.807, 2.05) is 19.1 Å². The number of halogens is 1. The lowest BCUT2D eigenvalue weighted by Crippen LogP contribution is -2.62. The summed E-state index contributed by atoms with van der Waals surface area (Å²) >= 11 is 6.34. The fourth-order valence-corrected chi connectivity index (χ4v) is 14.5. The molecule has 284 valence electrons. The number of nitrogens with one attached hydrogen (secondary N) is 1. The van der Waals surface area contributed by atoms with E-state index in [0.29, 0.717) is 77.5 Å². The maximum Gasteiger partial charge on any atom is 0.306 e. The molecule has 11 atom stereocenters. The van der Waals surface area contributed by atoms with Crippen LogP contribution in [0, 0.1) is 74.9 Å². The number of carbonyl (C=O) groups excluding carboxylic acids is 3. The highest BCUT2D eigenvalue weighted by atomic mass is 35.5. The van der Waals surface area contributed by atoms with Gasteiger partial charge in [-0.3, -0.25) is 19.2 Å². The van der Waals surface area contributed by atoms with Crippen LogP contribution in [0.15, 0.2) is 35.4 Å². The molecule has 5 fully saturated rings. The summed E-state index contributed by atoms with van der Waals surface area (Å²) in [7, 11) is 0. The van der Waals surface area contributed by atoms with E-state index in [-0.39, 0.29) is 51.2 Å². The molecule has 0 aromatic heterocycles. The zero-order valence-corrected chi connectivity index (χ0v) is 33.4. The lowest BCUT2D eigenvalue weighted by molar-refractivity contribution is -0.193. The Morgan fingerprint density at radius 2 is 1.63 bits per heavy atom. The third kappa shape index (κ3) is 5.77. The van der Waals surface area contributed by atoms with Crippen LogP contribution in [0.5, 0.6) is 0 Å². The van der Waals surface area contributed by atoms with E-state index in [2.05, 4.69) is 46.9 Å². The second-order valence-corrected chi connectivity index (χ2v) is 20.1. The SMILES string of the molecule is CC(C)C1=C2C3CCC4C(C)(CCC5C(C)(C)C(CC(=O)C6CC(C(=O)O)C6C)CCC54C)C3CCC2(CCNC(=O)c2ccccc2Cl)CC1=O. The molecular formula is C45H62ClNO5. The molecule has 0 spiro atoms. The van der Waals surface area contributed by atoms with Crippen LogP contribution >= 0.6 is 11.6 Å². The van der Waals surface area contributed by atoms with Gasteiger partial charge < -0.3 is 10.4 Å². The van der Waals surface area contributed by atoms with Crippen molar-refractivity contribution >= 4 is 35.0 Å². The van der Waals surface area contributed by atoms with Crippen LogP contribution in [-0.2, 0) is 14.4 Å². The van der Waals surface area contributed by atoms with Gasteiger partial charge in [0.15, 0.2) is 5.78 Å². The number of hydrogen-bond acceptors (Lipinski definition) is 4. The molecule has 0 aliphatic heterocycles. The van der Waals surface area contributed by atoms with Gasteiger partial charge in [-0.25, -0.2) is 0 Å². The van der Waals surface area contributed by atoms with Crippen LogP contribution in [0.4, 0.5) is 0 Å². The van der Waals surface area contributed by atoms with Crippen LogP contribution in [-0.4, -0.2) is 35.1 Å². The summed E-state index contributed by atoms with van der Waals surface area (Å²) in [6.07, 6.45) is 11.5. The minimum Gasteiger partial charge on any atom is -0.481 e. The van der Waals surface area contributed by atoms with Gasteiger partial charge in [-0.15, -0.1) is 0 Å². The number of allylic oxidation sites excluding steroid dienone is 2. The second kappa shape index (κ2) is 13.4. The molecule has 0 radical (unpaired) electrons. The van der Waals surface area contributed by atoms with Crippen LogP contribution in [0.3, 0.4) is 0 Å². The van der Waals surface area contributed by atoms with Gasteiger partial charge in [0, 0.05) is 30.7 Å². The first-order valence-electron chi connectivity index (χ1n) is 20.5. The van der Waals surface area contributed by atoms with Gasteiger partial charge in [0.05, 0.1) is 16.5 Å². The third-order valence-electron chi connectivity index (χ3n) is 16.9. The molecule has 1 aromatic carbocycles. The number of Topliss-reactive ketones (excluding diaryl/α,β-unsaturated/α-hetero) is 2. The fourth-order valence-electron chi connectivity index (χ4n) is 14.3. The van der Waals surface area contributed by atoms with Crippen LogP contribution < -0.4 is 5.32 Å².